The van der Waals surface area contributed by atoms with Crippen molar-refractivity contribution in [3.05, 3.63) is 69.6 Å². The van der Waals surface area contributed by atoms with E-state index >= 15 is 0 Å². The highest BCUT2D eigenvalue weighted by Crippen LogP contribution is 2.26. The molecule has 3 aromatic rings. The van der Waals surface area contributed by atoms with Crippen molar-refractivity contribution in [3.63, 3.8) is 0 Å². The van der Waals surface area contributed by atoms with Crippen LogP contribution in [-0.2, 0) is 0 Å². The Morgan fingerprint density at radius 1 is 1.00 bits per heavy atom. The first-order valence-electron chi connectivity index (χ1n) is 5.82. The second-order valence-corrected chi connectivity index (χ2v) is 5.22. The fourth-order valence-corrected chi connectivity index (χ4v) is 2.44. The number of rotatable bonds is 2. The van der Waals surface area contributed by atoms with Gasteiger partial charge in [-0.15, -0.1) is 0 Å². The highest BCUT2D eigenvalue weighted by atomic mass is 35.5. The third kappa shape index (κ3) is 2.19. The molecule has 20 heavy (non-hydrogen) atoms. The third-order valence-corrected chi connectivity index (χ3v) is 3.53. The number of halogens is 3. The van der Waals surface area contributed by atoms with Gasteiger partial charge in [0.05, 0.1) is 5.56 Å². The molecule has 0 amide bonds. The summed E-state index contributed by atoms with van der Waals surface area (Å²) in [7, 11) is 0. The van der Waals surface area contributed by atoms with Gasteiger partial charge in [-0.1, -0.05) is 23.2 Å². The van der Waals surface area contributed by atoms with Crippen LogP contribution in [-0.4, -0.2) is 10.8 Å². The summed E-state index contributed by atoms with van der Waals surface area (Å²) in [6, 6.07) is 9.06. The average molecular weight is 308 g/mol. The molecule has 0 aliphatic rings. The Labute approximate surface area is 124 Å². The molecule has 1 heterocycles. The fraction of sp³-hybridized carbons (Fsp3) is 0. The SMILES string of the molecule is O=C(c1cc(Cl)ccc1F)c1c[nH]c2ccc(Cl)cc12. The van der Waals surface area contributed by atoms with Gasteiger partial charge in [0.2, 0.25) is 0 Å². The lowest BCUT2D eigenvalue weighted by atomic mass is 10.0. The normalized spacial score (nSPS) is 10.9. The first-order chi connectivity index (χ1) is 9.56. The molecule has 0 aliphatic heterocycles. The van der Waals surface area contributed by atoms with Crippen LogP contribution in [0.1, 0.15) is 15.9 Å². The molecule has 3 rings (SSSR count). The van der Waals surface area contributed by atoms with Crippen molar-refractivity contribution in [2.75, 3.05) is 0 Å². The highest BCUT2D eigenvalue weighted by molar-refractivity contribution is 6.32. The van der Waals surface area contributed by atoms with E-state index in [2.05, 4.69) is 4.98 Å². The van der Waals surface area contributed by atoms with Gasteiger partial charge in [0.15, 0.2) is 5.78 Å². The Bertz CT molecular complexity index is 826. The molecule has 0 spiro atoms. The predicted octanol–water partition coefficient (Wildman–Crippen LogP) is 4.84. The van der Waals surface area contributed by atoms with E-state index in [1.807, 2.05) is 0 Å². The van der Waals surface area contributed by atoms with Gasteiger partial charge in [0.25, 0.3) is 0 Å². The molecule has 0 bridgehead atoms. The van der Waals surface area contributed by atoms with Crippen LogP contribution >= 0.6 is 23.2 Å². The minimum absolute atomic E-state index is 0.0571. The summed E-state index contributed by atoms with van der Waals surface area (Å²) in [5.74, 6) is -1.03. The molecule has 0 saturated heterocycles. The van der Waals surface area contributed by atoms with Crippen molar-refractivity contribution in [3.8, 4) is 0 Å². The molecule has 100 valence electrons. The smallest absolute Gasteiger partial charge is 0.198 e. The van der Waals surface area contributed by atoms with E-state index in [1.54, 1.807) is 24.4 Å². The van der Waals surface area contributed by atoms with E-state index < -0.39 is 11.6 Å². The molecular formula is C15H8Cl2FNO. The zero-order valence-electron chi connectivity index (χ0n) is 10.1. The Hall–Kier alpha value is -1.84. The maximum Gasteiger partial charge on any atom is 0.198 e. The number of carbonyl (C=O) groups excluding carboxylic acids is 1. The number of ketones is 1. The van der Waals surface area contributed by atoms with E-state index in [0.717, 1.165) is 5.52 Å². The van der Waals surface area contributed by atoms with Gasteiger partial charge in [-0.05, 0) is 36.4 Å². The van der Waals surface area contributed by atoms with Crippen molar-refractivity contribution < 1.29 is 9.18 Å². The first-order valence-corrected chi connectivity index (χ1v) is 6.58. The molecule has 0 unspecified atom stereocenters. The van der Waals surface area contributed by atoms with Gasteiger partial charge >= 0.3 is 0 Å². The Morgan fingerprint density at radius 3 is 2.50 bits per heavy atom. The van der Waals surface area contributed by atoms with Gasteiger partial charge in [-0.2, -0.15) is 0 Å². The standard InChI is InChI=1S/C15H8Cl2FNO/c16-8-1-3-13(18)11(6-8)15(20)12-7-19-14-4-2-9(17)5-10(12)14/h1-7,19H. The lowest BCUT2D eigenvalue weighted by molar-refractivity contribution is 0.103. The topological polar surface area (TPSA) is 32.9 Å². The number of hydrogen-bond acceptors (Lipinski definition) is 1. The third-order valence-electron chi connectivity index (χ3n) is 3.06. The van der Waals surface area contributed by atoms with E-state index in [9.17, 15) is 9.18 Å². The molecule has 0 atom stereocenters. The molecule has 0 fully saturated rings. The van der Waals surface area contributed by atoms with Gasteiger partial charge in [-0.3, -0.25) is 4.79 Å². The molecule has 1 N–H and O–H groups in total. The molecule has 1 aromatic heterocycles. The number of aromatic nitrogens is 1. The lowest BCUT2D eigenvalue weighted by Crippen LogP contribution is -2.03. The maximum absolute atomic E-state index is 13.8. The number of H-pyrrole nitrogens is 1. The molecule has 5 heteroatoms. The minimum Gasteiger partial charge on any atom is -0.360 e. The van der Waals surface area contributed by atoms with Gasteiger partial charge in [0, 0.05) is 32.7 Å². The number of benzene rings is 2. The van der Waals surface area contributed by atoms with Crippen molar-refractivity contribution >= 4 is 39.9 Å². The molecular weight excluding hydrogens is 300 g/mol. The second kappa shape index (κ2) is 4.93. The maximum atomic E-state index is 13.8. The fourth-order valence-electron chi connectivity index (χ4n) is 2.10. The van der Waals surface area contributed by atoms with Crippen molar-refractivity contribution in [2.45, 2.75) is 0 Å². The van der Waals surface area contributed by atoms with Crippen LogP contribution in [0.2, 0.25) is 10.0 Å². The van der Waals surface area contributed by atoms with Crippen LogP contribution in [0.5, 0.6) is 0 Å². The monoisotopic (exact) mass is 307 g/mol. The lowest BCUT2D eigenvalue weighted by Gasteiger charge is -2.02. The van der Waals surface area contributed by atoms with Crippen molar-refractivity contribution in [1.29, 1.82) is 0 Å². The average Bonchev–Trinajstić information content (AvgIpc) is 2.83. The largest absolute Gasteiger partial charge is 0.360 e. The molecule has 2 aromatic carbocycles. The van der Waals surface area contributed by atoms with Crippen LogP contribution in [0.4, 0.5) is 4.39 Å². The summed E-state index contributed by atoms with van der Waals surface area (Å²) in [4.78, 5) is 15.4. The number of fused-ring (bicyclic) bond motifs is 1. The molecule has 2 nitrogen and oxygen atoms in total. The van der Waals surface area contributed by atoms with Crippen LogP contribution in [0.25, 0.3) is 10.9 Å². The zero-order valence-corrected chi connectivity index (χ0v) is 11.6. The summed E-state index contributed by atoms with van der Waals surface area (Å²) in [6.45, 7) is 0. The van der Waals surface area contributed by atoms with Gasteiger partial charge in [0.1, 0.15) is 5.82 Å². The van der Waals surface area contributed by atoms with E-state index in [4.69, 9.17) is 23.2 Å². The number of hydrogen-bond donors (Lipinski definition) is 1. The molecule has 0 radical (unpaired) electrons. The number of carbonyl (C=O) groups is 1. The quantitative estimate of drug-likeness (QED) is 0.675. The Balaban J connectivity index is 2.17. The van der Waals surface area contributed by atoms with Crippen molar-refractivity contribution in [1.82, 2.24) is 4.98 Å². The Kier molecular flexibility index (Phi) is 3.24. The summed E-state index contributed by atoms with van der Waals surface area (Å²) in [6.07, 6.45) is 1.55. The highest BCUT2D eigenvalue weighted by Gasteiger charge is 2.18. The first kappa shape index (κ1) is 13.2. The van der Waals surface area contributed by atoms with Gasteiger partial charge in [-0.25, -0.2) is 4.39 Å². The van der Waals surface area contributed by atoms with Crippen molar-refractivity contribution in [2.24, 2.45) is 0 Å². The second-order valence-electron chi connectivity index (χ2n) is 4.35. The van der Waals surface area contributed by atoms with Crippen LogP contribution in [0.3, 0.4) is 0 Å². The summed E-state index contributed by atoms with van der Waals surface area (Å²) in [5.41, 5.74) is 1.07. The predicted molar refractivity (Wildman–Crippen MR) is 78.2 cm³/mol. The van der Waals surface area contributed by atoms with E-state index in [0.29, 0.717) is 21.0 Å². The number of nitrogens with one attached hydrogen (secondary N) is 1. The van der Waals surface area contributed by atoms with E-state index in [1.165, 1.54) is 18.2 Å². The van der Waals surface area contributed by atoms with Crippen LogP contribution < -0.4 is 0 Å². The summed E-state index contributed by atoms with van der Waals surface area (Å²) >= 11 is 11.8. The van der Waals surface area contributed by atoms with Crippen LogP contribution in [0, 0.1) is 5.82 Å². The summed E-state index contributed by atoms with van der Waals surface area (Å²) in [5, 5.41) is 1.48. The minimum atomic E-state index is -0.601. The molecule has 0 aliphatic carbocycles. The van der Waals surface area contributed by atoms with E-state index in [-0.39, 0.29) is 5.56 Å². The Morgan fingerprint density at radius 2 is 1.70 bits per heavy atom. The molecule has 0 saturated carbocycles. The summed E-state index contributed by atoms with van der Waals surface area (Å²) < 4.78 is 13.8. The zero-order chi connectivity index (χ0) is 14.3. The van der Waals surface area contributed by atoms with Crippen LogP contribution in [0.15, 0.2) is 42.6 Å². The van der Waals surface area contributed by atoms with Gasteiger partial charge < -0.3 is 4.98 Å². The number of aromatic amines is 1.